The summed E-state index contributed by atoms with van der Waals surface area (Å²) >= 11 is 0. The van der Waals surface area contributed by atoms with Gasteiger partial charge in [0.1, 0.15) is 0 Å². The van der Waals surface area contributed by atoms with E-state index in [9.17, 15) is 8.78 Å². The molecule has 0 spiro atoms. The molecule has 0 aromatic heterocycles. The van der Waals surface area contributed by atoms with Crippen LogP contribution in [0.1, 0.15) is 26.7 Å². The van der Waals surface area contributed by atoms with Gasteiger partial charge >= 0.3 is 0 Å². The summed E-state index contributed by atoms with van der Waals surface area (Å²) < 4.78 is 26.1. The van der Waals surface area contributed by atoms with Crippen LogP contribution >= 0.6 is 0 Å². The Morgan fingerprint density at radius 2 is 2.05 bits per heavy atom. The zero-order valence-electron chi connectivity index (χ0n) is 11.6. The number of benzene rings is 1. The lowest BCUT2D eigenvalue weighted by molar-refractivity contribution is 0.391. The first-order valence-corrected chi connectivity index (χ1v) is 6.93. The van der Waals surface area contributed by atoms with Gasteiger partial charge in [-0.3, -0.25) is 0 Å². The van der Waals surface area contributed by atoms with Crippen LogP contribution < -0.4 is 10.6 Å². The predicted molar refractivity (Wildman–Crippen MR) is 74.1 cm³/mol. The molecule has 1 fully saturated rings. The summed E-state index contributed by atoms with van der Waals surface area (Å²) in [6, 6.07) is 4.33. The number of nitrogens with two attached hydrogens (primary N) is 1. The van der Waals surface area contributed by atoms with Crippen molar-refractivity contribution in [3.8, 4) is 0 Å². The molecule has 0 amide bonds. The van der Waals surface area contributed by atoms with E-state index in [0.717, 1.165) is 31.6 Å². The molecule has 2 N–H and O–H groups in total. The second-order valence-electron chi connectivity index (χ2n) is 5.84. The Bertz CT molecular complexity index is 434. The van der Waals surface area contributed by atoms with E-state index in [2.05, 4.69) is 18.7 Å². The summed E-state index contributed by atoms with van der Waals surface area (Å²) in [5.74, 6) is -0.538. The molecule has 1 saturated heterocycles. The van der Waals surface area contributed by atoms with Gasteiger partial charge < -0.3 is 10.6 Å². The van der Waals surface area contributed by atoms with Gasteiger partial charge in [-0.15, -0.1) is 0 Å². The van der Waals surface area contributed by atoms with Gasteiger partial charge in [-0.2, -0.15) is 0 Å². The van der Waals surface area contributed by atoms with Gasteiger partial charge in [0.25, 0.3) is 0 Å². The summed E-state index contributed by atoms with van der Waals surface area (Å²) in [6.07, 6.45) is 2.07. The molecule has 1 aliphatic rings. The van der Waals surface area contributed by atoms with Gasteiger partial charge in [-0.05, 0) is 36.8 Å². The van der Waals surface area contributed by atoms with Gasteiger partial charge in [0, 0.05) is 30.9 Å². The molecule has 0 saturated carbocycles. The number of rotatable bonds is 4. The molecule has 1 heterocycles. The Labute approximate surface area is 113 Å². The molecule has 2 atom stereocenters. The van der Waals surface area contributed by atoms with Crippen molar-refractivity contribution in [1.82, 2.24) is 0 Å². The highest BCUT2D eigenvalue weighted by Crippen LogP contribution is 2.28. The van der Waals surface area contributed by atoms with Crippen LogP contribution in [0.5, 0.6) is 0 Å². The van der Waals surface area contributed by atoms with Crippen molar-refractivity contribution in [2.45, 2.75) is 32.7 Å². The third-order valence-corrected chi connectivity index (χ3v) is 4.02. The lowest BCUT2D eigenvalue weighted by atomic mass is 9.93. The summed E-state index contributed by atoms with van der Waals surface area (Å²) in [7, 11) is 0. The lowest BCUT2D eigenvalue weighted by Crippen LogP contribution is -2.30. The van der Waals surface area contributed by atoms with Gasteiger partial charge in [-0.25, -0.2) is 8.78 Å². The Morgan fingerprint density at radius 3 is 2.68 bits per heavy atom. The van der Waals surface area contributed by atoms with Crippen LogP contribution in [0.3, 0.4) is 0 Å². The molecule has 1 aliphatic heterocycles. The van der Waals surface area contributed by atoms with Crippen molar-refractivity contribution in [2.75, 3.05) is 18.0 Å². The molecule has 0 aliphatic carbocycles. The fourth-order valence-corrected chi connectivity index (χ4v) is 2.60. The Morgan fingerprint density at radius 1 is 1.32 bits per heavy atom. The second-order valence-corrected chi connectivity index (χ2v) is 5.84. The van der Waals surface area contributed by atoms with Crippen molar-refractivity contribution < 1.29 is 8.78 Å². The van der Waals surface area contributed by atoms with E-state index in [1.807, 2.05) is 0 Å². The van der Waals surface area contributed by atoms with E-state index in [4.69, 9.17) is 5.73 Å². The fraction of sp³-hybridized carbons (Fsp3) is 0.600. The van der Waals surface area contributed by atoms with E-state index in [1.54, 1.807) is 6.07 Å². The first-order valence-electron chi connectivity index (χ1n) is 6.93. The smallest absolute Gasteiger partial charge is 0.160 e. The number of halogens is 2. The minimum atomic E-state index is -0.790. The molecule has 2 rings (SSSR count). The monoisotopic (exact) mass is 268 g/mol. The van der Waals surface area contributed by atoms with Crippen LogP contribution in [0.4, 0.5) is 14.5 Å². The van der Waals surface area contributed by atoms with E-state index in [-0.39, 0.29) is 6.04 Å². The van der Waals surface area contributed by atoms with E-state index in [0.29, 0.717) is 11.8 Å². The van der Waals surface area contributed by atoms with Crippen molar-refractivity contribution >= 4 is 5.69 Å². The molecule has 19 heavy (non-hydrogen) atoms. The number of hydrogen-bond donors (Lipinski definition) is 1. The molecule has 0 bridgehead atoms. The highest BCUT2D eigenvalue weighted by Gasteiger charge is 2.25. The van der Waals surface area contributed by atoms with Gasteiger partial charge in [0.2, 0.25) is 0 Å². The zero-order valence-corrected chi connectivity index (χ0v) is 11.6. The van der Waals surface area contributed by atoms with Crippen LogP contribution in [-0.4, -0.2) is 19.1 Å². The highest BCUT2D eigenvalue weighted by atomic mass is 19.2. The largest absolute Gasteiger partial charge is 0.371 e. The van der Waals surface area contributed by atoms with E-state index >= 15 is 0 Å². The fourth-order valence-electron chi connectivity index (χ4n) is 2.60. The quantitative estimate of drug-likeness (QED) is 0.909. The Balaban J connectivity index is 1.96. The molecule has 106 valence electrons. The normalized spacial score (nSPS) is 21.2. The number of hydrogen-bond acceptors (Lipinski definition) is 2. The standard InChI is InChI=1S/C15H22F2N2/c1-10(2)15(18)7-11-5-6-19(9-11)12-3-4-13(16)14(17)8-12/h3-4,8,10-11,15H,5-7,9,18H2,1-2H3. The van der Waals surface area contributed by atoms with Gasteiger partial charge in [0.15, 0.2) is 11.6 Å². The molecule has 2 nitrogen and oxygen atoms in total. The number of nitrogens with zero attached hydrogens (tertiary/aromatic N) is 1. The van der Waals surface area contributed by atoms with Crippen molar-refractivity contribution in [2.24, 2.45) is 17.6 Å². The third kappa shape index (κ3) is 3.44. The van der Waals surface area contributed by atoms with Crippen LogP contribution in [-0.2, 0) is 0 Å². The van der Waals surface area contributed by atoms with Crippen molar-refractivity contribution in [3.63, 3.8) is 0 Å². The maximum absolute atomic E-state index is 13.2. The first kappa shape index (κ1) is 14.3. The van der Waals surface area contributed by atoms with Crippen LogP contribution in [0.2, 0.25) is 0 Å². The molecular weight excluding hydrogens is 246 g/mol. The molecule has 2 unspecified atom stereocenters. The topological polar surface area (TPSA) is 29.3 Å². The van der Waals surface area contributed by atoms with E-state index in [1.165, 1.54) is 12.1 Å². The predicted octanol–water partition coefficient (Wildman–Crippen LogP) is 3.16. The number of anilines is 1. The van der Waals surface area contributed by atoms with E-state index < -0.39 is 11.6 Å². The maximum atomic E-state index is 13.2. The van der Waals surface area contributed by atoms with Crippen LogP contribution in [0, 0.1) is 23.5 Å². The van der Waals surface area contributed by atoms with Gasteiger partial charge in [-0.1, -0.05) is 13.8 Å². The van der Waals surface area contributed by atoms with Crippen LogP contribution in [0.25, 0.3) is 0 Å². The van der Waals surface area contributed by atoms with Crippen molar-refractivity contribution in [1.29, 1.82) is 0 Å². The lowest BCUT2D eigenvalue weighted by Gasteiger charge is -2.21. The summed E-state index contributed by atoms with van der Waals surface area (Å²) in [5.41, 5.74) is 6.86. The molecular formula is C15H22F2N2. The SMILES string of the molecule is CC(C)C(N)CC1CCN(c2ccc(F)c(F)c2)C1. The van der Waals surface area contributed by atoms with Crippen molar-refractivity contribution in [3.05, 3.63) is 29.8 Å². The average Bonchev–Trinajstić information content (AvgIpc) is 2.81. The molecule has 1 aromatic rings. The summed E-state index contributed by atoms with van der Waals surface area (Å²) in [6.45, 7) is 6.03. The van der Waals surface area contributed by atoms with Crippen LogP contribution in [0.15, 0.2) is 18.2 Å². The third-order valence-electron chi connectivity index (χ3n) is 4.02. The minimum Gasteiger partial charge on any atom is -0.371 e. The maximum Gasteiger partial charge on any atom is 0.160 e. The molecule has 4 heteroatoms. The summed E-state index contributed by atoms with van der Waals surface area (Å²) in [5, 5.41) is 0. The Kier molecular flexibility index (Phi) is 4.40. The molecule has 1 aromatic carbocycles. The first-order chi connectivity index (χ1) is 8.97. The molecule has 0 radical (unpaired) electrons. The second kappa shape index (κ2) is 5.87. The zero-order chi connectivity index (χ0) is 14.0. The minimum absolute atomic E-state index is 0.218. The summed E-state index contributed by atoms with van der Waals surface area (Å²) in [4.78, 5) is 2.11. The Hall–Kier alpha value is -1.16. The highest BCUT2D eigenvalue weighted by molar-refractivity contribution is 5.47. The average molecular weight is 268 g/mol. The van der Waals surface area contributed by atoms with Gasteiger partial charge in [0.05, 0.1) is 0 Å².